The summed E-state index contributed by atoms with van der Waals surface area (Å²) in [5, 5.41) is 8.85. The van der Waals surface area contributed by atoms with Gasteiger partial charge in [-0.1, -0.05) is 18.2 Å². The molecule has 1 aliphatic rings. The van der Waals surface area contributed by atoms with E-state index in [0.29, 0.717) is 5.71 Å². The number of aryl methyl sites for hydroxylation is 1. The minimum Gasteiger partial charge on any atom is -0.356 e. The number of benzene rings is 1. The number of carbonyl (C=O) groups excluding carboxylic acids is 1. The molecule has 0 radical (unpaired) electrons. The summed E-state index contributed by atoms with van der Waals surface area (Å²) < 4.78 is 0. The van der Waals surface area contributed by atoms with E-state index in [1.54, 1.807) is 6.92 Å². The molecule has 1 aromatic carbocycles. The van der Waals surface area contributed by atoms with Gasteiger partial charge in [-0.15, -0.1) is 0 Å². The summed E-state index contributed by atoms with van der Waals surface area (Å²) in [5.74, 6) is -0.186. The van der Waals surface area contributed by atoms with Crippen LogP contribution in [0.2, 0.25) is 5.02 Å². The van der Waals surface area contributed by atoms with Crippen molar-refractivity contribution in [3.05, 3.63) is 47.3 Å². The van der Waals surface area contributed by atoms with Crippen LogP contribution in [0.5, 0.6) is 0 Å². The molecule has 6 heteroatoms. The van der Waals surface area contributed by atoms with E-state index in [-0.39, 0.29) is 11.9 Å². The second kappa shape index (κ2) is 6.46. The summed E-state index contributed by atoms with van der Waals surface area (Å²) in [4.78, 5) is 15.7. The lowest BCUT2D eigenvalue weighted by atomic mass is 9.91. The molecule has 2 aromatic rings. The number of nitrogens with one attached hydrogen (secondary N) is 3. The van der Waals surface area contributed by atoms with Gasteiger partial charge in [0.25, 0.3) is 5.91 Å². The average Bonchev–Trinajstić information content (AvgIpc) is 2.91. The van der Waals surface area contributed by atoms with Crippen molar-refractivity contribution in [2.45, 2.75) is 32.2 Å². The molecule has 0 bridgehead atoms. The first-order valence-corrected chi connectivity index (χ1v) is 7.99. The van der Waals surface area contributed by atoms with Crippen molar-refractivity contribution in [3.8, 4) is 0 Å². The molecule has 1 aromatic heterocycles. The number of H-pyrrole nitrogens is 1. The van der Waals surface area contributed by atoms with E-state index in [0.717, 1.165) is 40.9 Å². The lowest BCUT2D eigenvalue weighted by molar-refractivity contribution is -0.115. The molecule has 0 spiro atoms. The number of fused-ring (bicyclic) bond motifs is 3. The van der Waals surface area contributed by atoms with Crippen LogP contribution in [0.1, 0.15) is 37.1 Å². The Morgan fingerprint density at radius 3 is 3.13 bits per heavy atom. The molecule has 5 nitrogen and oxygen atoms in total. The molecule has 1 heterocycles. The predicted octanol–water partition coefficient (Wildman–Crippen LogP) is 3.42. The number of carbonyl (C=O) groups is 1. The fourth-order valence-electron chi connectivity index (χ4n) is 3.04. The highest BCUT2D eigenvalue weighted by Gasteiger charge is 2.26. The van der Waals surface area contributed by atoms with Crippen LogP contribution < -0.4 is 10.7 Å². The Kier molecular flexibility index (Phi) is 4.39. The van der Waals surface area contributed by atoms with Gasteiger partial charge in [0.05, 0.1) is 6.04 Å². The highest BCUT2D eigenvalue weighted by Crippen LogP contribution is 2.35. The summed E-state index contributed by atoms with van der Waals surface area (Å²) in [6.45, 7) is 5.17. The van der Waals surface area contributed by atoms with Crippen molar-refractivity contribution in [1.82, 2.24) is 15.7 Å². The van der Waals surface area contributed by atoms with Gasteiger partial charge in [0.2, 0.25) is 0 Å². The van der Waals surface area contributed by atoms with E-state index in [9.17, 15) is 4.79 Å². The Balaban J connectivity index is 1.88. The van der Waals surface area contributed by atoms with Gasteiger partial charge >= 0.3 is 0 Å². The molecule has 3 N–H and O–H groups in total. The molecular formula is C17H19ClN4O. The number of aromatic nitrogens is 1. The third-order valence-electron chi connectivity index (χ3n) is 4.13. The molecule has 3 rings (SSSR count). The van der Waals surface area contributed by atoms with Crippen LogP contribution in [-0.4, -0.2) is 16.6 Å². The van der Waals surface area contributed by atoms with Gasteiger partial charge in [0.15, 0.2) is 0 Å². The number of hydrogen-bond acceptors (Lipinski definition) is 3. The first-order valence-electron chi connectivity index (χ1n) is 7.61. The second-order valence-corrected chi connectivity index (χ2v) is 6.09. The maximum absolute atomic E-state index is 12.2. The monoisotopic (exact) mass is 330 g/mol. The van der Waals surface area contributed by atoms with Gasteiger partial charge in [-0.25, -0.2) is 0 Å². The predicted molar refractivity (Wildman–Crippen MR) is 93.6 cm³/mol. The summed E-state index contributed by atoms with van der Waals surface area (Å²) in [6.07, 6.45) is 4.35. The molecule has 0 fully saturated rings. The van der Waals surface area contributed by atoms with Crippen molar-refractivity contribution < 1.29 is 4.79 Å². The molecule has 1 unspecified atom stereocenters. The SMILES string of the molecule is C=CN/N=C(\C)C(=O)NC1CCCc2c1[nH]c1ccc(Cl)cc21. The van der Waals surface area contributed by atoms with Crippen molar-refractivity contribution in [1.29, 1.82) is 0 Å². The van der Waals surface area contributed by atoms with Gasteiger partial charge in [0, 0.05) is 27.8 Å². The molecule has 1 aliphatic carbocycles. The van der Waals surface area contributed by atoms with Crippen LogP contribution in [0.3, 0.4) is 0 Å². The van der Waals surface area contributed by atoms with Crippen LogP contribution in [0.15, 0.2) is 36.1 Å². The summed E-state index contributed by atoms with van der Waals surface area (Å²) in [5.41, 5.74) is 6.33. The van der Waals surface area contributed by atoms with E-state index in [1.807, 2.05) is 18.2 Å². The van der Waals surface area contributed by atoms with Gasteiger partial charge < -0.3 is 10.3 Å². The fourth-order valence-corrected chi connectivity index (χ4v) is 3.21. The normalized spacial score (nSPS) is 17.7. The average molecular weight is 331 g/mol. The van der Waals surface area contributed by atoms with Gasteiger partial charge in [-0.05, 0) is 49.9 Å². The minimum absolute atomic E-state index is 0.0358. The van der Waals surface area contributed by atoms with E-state index >= 15 is 0 Å². The first-order chi connectivity index (χ1) is 11.1. The topological polar surface area (TPSA) is 69.3 Å². The third kappa shape index (κ3) is 3.10. The maximum Gasteiger partial charge on any atom is 0.267 e. The van der Waals surface area contributed by atoms with Crippen LogP contribution in [0.25, 0.3) is 10.9 Å². The summed E-state index contributed by atoms with van der Waals surface area (Å²) >= 11 is 6.11. The standard InChI is InChI=1S/C17H19ClN4O/c1-3-19-22-10(2)17(23)21-15-6-4-5-12-13-9-11(18)7-8-14(13)20-16(12)15/h3,7-9,15,19-20H,1,4-6H2,2H3,(H,21,23)/b22-10+. The summed E-state index contributed by atoms with van der Waals surface area (Å²) in [7, 11) is 0. The number of aromatic amines is 1. The third-order valence-corrected chi connectivity index (χ3v) is 4.36. The quantitative estimate of drug-likeness (QED) is 0.594. The van der Waals surface area contributed by atoms with E-state index in [1.165, 1.54) is 11.8 Å². The molecule has 0 aliphatic heterocycles. The molecule has 0 saturated heterocycles. The Morgan fingerprint density at radius 1 is 1.52 bits per heavy atom. The maximum atomic E-state index is 12.2. The smallest absolute Gasteiger partial charge is 0.267 e. The first kappa shape index (κ1) is 15.6. The Labute approximate surface area is 139 Å². The molecule has 0 saturated carbocycles. The van der Waals surface area contributed by atoms with E-state index < -0.39 is 0 Å². The van der Waals surface area contributed by atoms with Crippen LogP contribution in [0.4, 0.5) is 0 Å². The van der Waals surface area contributed by atoms with Crippen molar-refractivity contribution >= 4 is 34.1 Å². The molecule has 1 amide bonds. The zero-order chi connectivity index (χ0) is 16.4. The van der Waals surface area contributed by atoms with Crippen molar-refractivity contribution in [2.24, 2.45) is 5.10 Å². The second-order valence-electron chi connectivity index (χ2n) is 5.66. The van der Waals surface area contributed by atoms with E-state index in [4.69, 9.17) is 11.6 Å². The zero-order valence-corrected chi connectivity index (χ0v) is 13.7. The number of nitrogens with zero attached hydrogens (tertiary/aromatic N) is 1. The van der Waals surface area contributed by atoms with Gasteiger partial charge in [0.1, 0.15) is 5.71 Å². The highest BCUT2D eigenvalue weighted by molar-refractivity contribution is 6.37. The number of rotatable bonds is 4. The zero-order valence-electron chi connectivity index (χ0n) is 12.9. The van der Waals surface area contributed by atoms with Crippen molar-refractivity contribution in [2.75, 3.05) is 0 Å². The highest BCUT2D eigenvalue weighted by atomic mass is 35.5. The Bertz CT molecular complexity index is 793. The van der Waals surface area contributed by atoms with Gasteiger partial charge in [-0.2, -0.15) is 5.10 Å². The van der Waals surface area contributed by atoms with Crippen LogP contribution >= 0.6 is 11.6 Å². The largest absolute Gasteiger partial charge is 0.356 e. The lowest BCUT2D eigenvalue weighted by Crippen LogP contribution is -2.35. The molecular weight excluding hydrogens is 312 g/mol. The Morgan fingerprint density at radius 2 is 2.35 bits per heavy atom. The van der Waals surface area contributed by atoms with E-state index in [2.05, 4.69) is 27.4 Å². The number of halogens is 1. The molecule has 23 heavy (non-hydrogen) atoms. The Hall–Kier alpha value is -2.27. The van der Waals surface area contributed by atoms with Crippen LogP contribution in [0, 0.1) is 0 Å². The van der Waals surface area contributed by atoms with Gasteiger partial charge in [-0.3, -0.25) is 10.2 Å². The summed E-state index contributed by atoms with van der Waals surface area (Å²) in [6, 6.07) is 5.80. The van der Waals surface area contributed by atoms with Crippen molar-refractivity contribution in [3.63, 3.8) is 0 Å². The number of amides is 1. The van der Waals surface area contributed by atoms with Crippen LogP contribution in [-0.2, 0) is 11.2 Å². The molecule has 120 valence electrons. The minimum atomic E-state index is -0.186. The lowest BCUT2D eigenvalue weighted by Gasteiger charge is -2.23. The number of hydrogen-bond donors (Lipinski definition) is 3. The fraction of sp³-hybridized carbons (Fsp3) is 0.294. The molecule has 1 atom stereocenters. The number of hydrazone groups is 1.